The van der Waals surface area contributed by atoms with Crippen LogP contribution in [-0.2, 0) is 13.1 Å². The van der Waals surface area contributed by atoms with Crippen molar-refractivity contribution in [3.8, 4) is 0 Å². The number of anilines is 2. The Balaban J connectivity index is 1.60. The number of imidazole rings is 2. The van der Waals surface area contributed by atoms with Gasteiger partial charge in [-0.1, -0.05) is 24.3 Å². The molecule has 0 bridgehead atoms. The number of hydrogen-bond donors (Lipinski definition) is 6. The number of carbonyl (C=O) groups excluding carboxylic acids is 4. The fourth-order valence-electron chi connectivity index (χ4n) is 2.79. The third-order valence-electron chi connectivity index (χ3n) is 4.39. The number of nitrogens with one attached hydrogen (secondary N) is 2. The minimum absolute atomic E-state index is 0.139. The lowest BCUT2D eigenvalue weighted by Crippen LogP contribution is -2.29. The van der Waals surface area contributed by atoms with Gasteiger partial charge in [-0.15, -0.1) is 0 Å². The molecule has 32 heavy (non-hydrogen) atoms. The molecule has 1 aromatic carbocycles. The highest BCUT2D eigenvalue weighted by Crippen LogP contribution is 2.11. The maximum atomic E-state index is 12.3. The van der Waals surface area contributed by atoms with Crippen LogP contribution in [0.15, 0.2) is 36.9 Å². The molecule has 4 amide bonds. The molecule has 3 rings (SSSR count). The van der Waals surface area contributed by atoms with Crippen molar-refractivity contribution < 1.29 is 19.2 Å². The van der Waals surface area contributed by atoms with Gasteiger partial charge < -0.3 is 33.6 Å². The molecule has 0 radical (unpaired) electrons. The second-order valence-corrected chi connectivity index (χ2v) is 6.56. The van der Waals surface area contributed by atoms with E-state index in [9.17, 15) is 19.2 Å². The van der Waals surface area contributed by atoms with Crippen molar-refractivity contribution >= 4 is 35.5 Å². The number of primary amides is 2. The average Bonchev–Trinajstić information content (AvgIpc) is 3.33. The number of nitrogen functional groups attached to an aromatic ring is 2. The SMILES string of the molecule is NC(=O)c1ncn(C(=O)NCc2cccc(CNC(=O)n3cnc(C(N)=O)c3N)c2)c1N. The molecule has 10 N–H and O–H groups in total. The van der Waals surface area contributed by atoms with Gasteiger partial charge in [-0.05, 0) is 11.1 Å². The number of benzene rings is 1. The van der Waals surface area contributed by atoms with Gasteiger partial charge in [0.15, 0.2) is 11.4 Å². The molecule has 0 aliphatic rings. The second kappa shape index (κ2) is 8.86. The molecule has 0 atom stereocenters. The second-order valence-electron chi connectivity index (χ2n) is 6.56. The molecule has 0 aliphatic heterocycles. The van der Waals surface area contributed by atoms with Gasteiger partial charge in [-0.25, -0.2) is 28.7 Å². The topological polar surface area (TPSA) is 232 Å². The van der Waals surface area contributed by atoms with Crippen molar-refractivity contribution in [2.24, 2.45) is 11.5 Å². The van der Waals surface area contributed by atoms with E-state index < -0.39 is 23.9 Å². The van der Waals surface area contributed by atoms with Gasteiger partial charge in [0.2, 0.25) is 0 Å². The minimum Gasteiger partial charge on any atom is -0.383 e. The molecule has 3 aromatic rings. The van der Waals surface area contributed by atoms with Crippen LogP contribution in [0.2, 0.25) is 0 Å². The van der Waals surface area contributed by atoms with Crippen LogP contribution in [0.1, 0.15) is 32.1 Å². The number of nitrogens with zero attached hydrogens (tertiary/aromatic N) is 4. The number of amides is 4. The molecule has 0 saturated carbocycles. The zero-order valence-electron chi connectivity index (χ0n) is 16.6. The Kier molecular flexibility index (Phi) is 6.04. The third kappa shape index (κ3) is 4.48. The van der Waals surface area contributed by atoms with Crippen LogP contribution < -0.4 is 33.6 Å². The predicted octanol–water partition coefficient (Wildman–Crippen LogP) is -1.04. The van der Waals surface area contributed by atoms with Crippen molar-refractivity contribution in [1.82, 2.24) is 29.7 Å². The summed E-state index contributed by atoms with van der Waals surface area (Å²) in [5.41, 5.74) is 22.7. The summed E-state index contributed by atoms with van der Waals surface area (Å²) in [4.78, 5) is 54.4. The Morgan fingerprint density at radius 3 is 1.53 bits per heavy atom. The molecule has 2 heterocycles. The Hall–Kier alpha value is -4.88. The van der Waals surface area contributed by atoms with Crippen LogP contribution in [0.25, 0.3) is 0 Å². The van der Waals surface area contributed by atoms with E-state index in [1.54, 1.807) is 24.3 Å². The van der Waals surface area contributed by atoms with Gasteiger partial charge in [0.05, 0.1) is 0 Å². The first-order chi connectivity index (χ1) is 15.2. The molecule has 0 saturated heterocycles. The Labute approximate surface area is 180 Å². The highest BCUT2D eigenvalue weighted by Gasteiger charge is 2.18. The summed E-state index contributed by atoms with van der Waals surface area (Å²) in [6.07, 6.45) is 2.20. The monoisotopic (exact) mass is 440 g/mol. The molecular formula is C18H20N10O4. The van der Waals surface area contributed by atoms with Crippen LogP contribution >= 0.6 is 0 Å². The lowest BCUT2D eigenvalue weighted by Gasteiger charge is -2.10. The highest BCUT2D eigenvalue weighted by molar-refractivity contribution is 5.98. The summed E-state index contributed by atoms with van der Waals surface area (Å²) in [5, 5.41) is 5.28. The fraction of sp³-hybridized carbons (Fsp3) is 0.111. The van der Waals surface area contributed by atoms with Crippen LogP contribution in [0.3, 0.4) is 0 Å². The van der Waals surface area contributed by atoms with Crippen LogP contribution in [0.5, 0.6) is 0 Å². The van der Waals surface area contributed by atoms with E-state index in [2.05, 4.69) is 20.6 Å². The number of hydrogen-bond acceptors (Lipinski definition) is 8. The smallest absolute Gasteiger partial charge is 0.328 e. The summed E-state index contributed by atoms with van der Waals surface area (Å²) in [5.74, 6) is -2.01. The number of rotatable bonds is 6. The van der Waals surface area contributed by atoms with Gasteiger partial charge in [-0.3, -0.25) is 9.59 Å². The van der Waals surface area contributed by atoms with E-state index in [4.69, 9.17) is 22.9 Å². The van der Waals surface area contributed by atoms with Gasteiger partial charge in [0.25, 0.3) is 11.8 Å². The highest BCUT2D eigenvalue weighted by atomic mass is 16.2. The number of aromatic nitrogens is 4. The molecular weight excluding hydrogens is 420 g/mol. The van der Waals surface area contributed by atoms with Crippen LogP contribution in [0, 0.1) is 0 Å². The van der Waals surface area contributed by atoms with E-state index in [-0.39, 0.29) is 36.1 Å². The zero-order chi connectivity index (χ0) is 23.4. The van der Waals surface area contributed by atoms with Crippen LogP contribution in [0.4, 0.5) is 21.2 Å². The van der Waals surface area contributed by atoms with Crippen molar-refractivity contribution in [3.63, 3.8) is 0 Å². The van der Waals surface area contributed by atoms with E-state index in [1.165, 1.54) is 0 Å². The summed E-state index contributed by atoms with van der Waals surface area (Å²) >= 11 is 0. The molecule has 14 nitrogen and oxygen atoms in total. The lowest BCUT2D eigenvalue weighted by atomic mass is 10.1. The first-order valence-corrected chi connectivity index (χ1v) is 9.08. The fourth-order valence-corrected chi connectivity index (χ4v) is 2.79. The molecule has 2 aromatic heterocycles. The number of carbonyl (C=O) groups is 4. The summed E-state index contributed by atoms with van der Waals surface area (Å²) in [6, 6.07) is 5.86. The molecule has 0 unspecified atom stereocenters. The molecule has 0 aliphatic carbocycles. The predicted molar refractivity (Wildman–Crippen MR) is 112 cm³/mol. The van der Waals surface area contributed by atoms with E-state index >= 15 is 0 Å². The maximum Gasteiger partial charge on any atom is 0.328 e. The van der Waals surface area contributed by atoms with Crippen LogP contribution in [-0.4, -0.2) is 43.0 Å². The molecule has 0 spiro atoms. The normalized spacial score (nSPS) is 10.5. The Morgan fingerprint density at radius 2 is 1.19 bits per heavy atom. The summed E-state index contributed by atoms with van der Waals surface area (Å²) in [6.45, 7) is 0.279. The zero-order valence-corrected chi connectivity index (χ0v) is 16.6. The van der Waals surface area contributed by atoms with Gasteiger partial charge in [0, 0.05) is 13.1 Å². The standard InChI is InChI=1S/C18H20N10O4/c19-13-11(15(21)29)25-7-27(13)17(31)23-5-9-2-1-3-10(4-9)6-24-18(32)28-8-26-12(14(28)20)16(22)30/h1-4,7-8H,5-6,19-20H2,(H2,21,29)(H2,22,30)(H,23,31)(H,24,32). The minimum atomic E-state index is -0.841. The maximum absolute atomic E-state index is 12.3. The van der Waals surface area contributed by atoms with Crippen molar-refractivity contribution in [2.45, 2.75) is 13.1 Å². The number of nitrogens with two attached hydrogens (primary N) is 4. The van der Waals surface area contributed by atoms with Crippen molar-refractivity contribution in [3.05, 3.63) is 59.4 Å². The van der Waals surface area contributed by atoms with E-state index in [1.807, 2.05) is 0 Å². The quantitative estimate of drug-likeness (QED) is 0.276. The first kappa shape index (κ1) is 21.8. The van der Waals surface area contributed by atoms with Crippen molar-refractivity contribution in [1.29, 1.82) is 0 Å². The van der Waals surface area contributed by atoms with E-state index in [0.29, 0.717) is 0 Å². The lowest BCUT2D eigenvalue weighted by molar-refractivity contribution is 0.0988. The third-order valence-corrected chi connectivity index (χ3v) is 4.39. The molecule has 166 valence electrons. The summed E-state index contributed by atoms with van der Waals surface area (Å²) in [7, 11) is 0. The van der Waals surface area contributed by atoms with E-state index in [0.717, 1.165) is 32.9 Å². The van der Waals surface area contributed by atoms with Gasteiger partial charge in [-0.2, -0.15) is 0 Å². The average molecular weight is 440 g/mol. The Morgan fingerprint density at radius 1 is 0.781 bits per heavy atom. The van der Waals surface area contributed by atoms with Gasteiger partial charge >= 0.3 is 12.1 Å². The molecule has 14 heteroatoms. The largest absolute Gasteiger partial charge is 0.383 e. The van der Waals surface area contributed by atoms with Crippen molar-refractivity contribution in [2.75, 3.05) is 11.5 Å². The first-order valence-electron chi connectivity index (χ1n) is 9.08. The summed E-state index contributed by atoms with van der Waals surface area (Å²) < 4.78 is 1.94. The van der Waals surface area contributed by atoms with Gasteiger partial charge in [0.1, 0.15) is 24.3 Å². The molecule has 0 fully saturated rings. The Bertz CT molecular complexity index is 1120.